The van der Waals surface area contributed by atoms with Crippen molar-refractivity contribution in [2.75, 3.05) is 20.3 Å². The van der Waals surface area contributed by atoms with Crippen molar-refractivity contribution in [3.63, 3.8) is 0 Å². The summed E-state index contributed by atoms with van der Waals surface area (Å²) in [7, 11) is 1.58. The summed E-state index contributed by atoms with van der Waals surface area (Å²) in [6.45, 7) is 0.570. The van der Waals surface area contributed by atoms with Gasteiger partial charge in [-0.2, -0.15) is 0 Å². The smallest absolute Gasteiger partial charge is 0.270 e. The summed E-state index contributed by atoms with van der Waals surface area (Å²) < 4.78 is 10.5. The third kappa shape index (κ3) is 4.70. The second-order valence-electron chi connectivity index (χ2n) is 4.59. The number of nitrogens with zero attached hydrogens (tertiary/aromatic N) is 1. The number of amides is 1. The van der Waals surface area contributed by atoms with Gasteiger partial charge in [-0.25, -0.2) is 0 Å². The zero-order valence-electron chi connectivity index (χ0n) is 12.5. The van der Waals surface area contributed by atoms with Gasteiger partial charge in [-0.1, -0.05) is 6.07 Å². The van der Waals surface area contributed by atoms with E-state index in [-0.39, 0.29) is 30.3 Å². The third-order valence-corrected chi connectivity index (χ3v) is 3.03. The first-order valence-electron chi connectivity index (χ1n) is 6.89. The van der Waals surface area contributed by atoms with Crippen LogP contribution in [-0.2, 0) is 0 Å². The van der Waals surface area contributed by atoms with Gasteiger partial charge in [-0.15, -0.1) is 0 Å². The molecule has 0 heterocycles. The Kier molecular flexibility index (Phi) is 5.51. The van der Waals surface area contributed by atoms with Gasteiger partial charge in [-0.05, 0) is 30.3 Å². The summed E-state index contributed by atoms with van der Waals surface area (Å²) in [5, 5.41) is 13.3. The average molecular weight is 316 g/mol. The van der Waals surface area contributed by atoms with Gasteiger partial charge in [0, 0.05) is 17.7 Å². The van der Waals surface area contributed by atoms with E-state index in [9.17, 15) is 14.9 Å². The van der Waals surface area contributed by atoms with E-state index in [1.807, 2.05) is 0 Å². The van der Waals surface area contributed by atoms with Crippen molar-refractivity contribution in [1.82, 2.24) is 5.32 Å². The SMILES string of the molecule is COc1ccc(OCCNC(=O)c2cccc([N+](=O)[O-])c2)cc1. The minimum absolute atomic E-state index is 0.118. The van der Waals surface area contributed by atoms with E-state index < -0.39 is 4.92 Å². The number of carbonyl (C=O) groups is 1. The second-order valence-corrected chi connectivity index (χ2v) is 4.59. The highest BCUT2D eigenvalue weighted by molar-refractivity contribution is 5.94. The molecule has 2 aromatic carbocycles. The van der Waals surface area contributed by atoms with Crippen LogP contribution in [0.2, 0.25) is 0 Å². The summed E-state index contributed by atoms with van der Waals surface area (Å²) in [6, 6.07) is 12.6. The van der Waals surface area contributed by atoms with Gasteiger partial charge in [0.2, 0.25) is 0 Å². The van der Waals surface area contributed by atoms with Crippen LogP contribution in [0.25, 0.3) is 0 Å². The molecule has 2 aromatic rings. The number of nitrogens with one attached hydrogen (secondary N) is 1. The van der Waals surface area contributed by atoms with Crippen molar-refractivity contribution in [3.8, 4) is 11.5 Å². The Hall–Kier alpha value is -3.09. The van der Waals surface area contributed by atoms with E-state index in [1.165, 1.54) is 24.3 Å². The molecule has 7 heteroatoms. The number of non-ortho nitro benzene ring substituents is 1. The standard InChI is InChI=1S/C16H16N2O5/c1-22-14-5-7-15(8-6-14)23-10-9-17-16(19)12-3-2-4-13(11-12)18(20)21/h2-8,11H,9-10H2,1H3,(H,17,19). The molecule has 0 fully saturated rings. The van der Waals surface area contributed by atoms with Crippen LogP contribution in [0, 0.1) is 10.1 Å². The van der Waals surface area contributed by atoms with Crippen molar-refractivity contribution in [2.45, 2.75) is 0 Å². The van der Waals surface area contributed by atoms with Gasteiger partial charge in [-0.3, -0.25) is 14.9 Å². The molecule has 0 aliphatic heterocycles. The number of nitro benzene ring substituents is 1. The fourth-order valence-electron chi connectivity index (χ4n) is 1.87. The summed E-state index contributed by atoms with van der Waals surface area (Å²) in [4.78, 5) is 22.1. The normalized spacial score (nSPS) is 9.96. The second kappa shape index (κ2) is 7.79. The molecule has 0 saturated carbocycles. The molecule has 1 amide bonds. The van der Waals surface area contributed by atoms with E-state index in [0.29, 0.717) is 5.75 Å². The molecule has 0 aliphatic rings. The van der Waals surface area contributed by atoms with Crippen molar-refractivity contribution in [2.24, 2.45) is 0 Å². The van der Waals surface area contributed by atoms with Gasteiger partial charge in [0.05, 0.1) is 18.6 Å². The van der Waals surface area contributed by atoms with E-state index in [1.54, 1.807) is 31.4 Å². The van der Waals surface area contributed by atoms with Gasteiger partial charge in [0.25, 0.3) is 11.6 Å². The summed E-state index contributed by atoms with van der Waals surface area (Å²) in [5.41, 5.74) is 0.121. The van der Waals surface area contributed by atoms with Gasteiger partial charge in [0.15, 0.2) is 0 Å². The maximum Gasteiger partial charge on any atom is 0.270 e. The number of rotatable bonds is 7. The monoisotopic (exact) mass is 316 g/mol. The lowest BCUT2D eigenvalue weighted by Gasteiger charge is -2.08. The van der Waals surface area contributed by atoms with E-state index in [2.05, 4.69) is 5.32 Å². The molecular weight excluding hydrogens is 300 g/mol. The Labute approximate surface area is 133 Å². The van der Waals surface area contributed by atoms with Crippen molar-refractivity contribution in [3.05, 3.63) is 64.2 Å². The van der Waals surface area contributed by atoms with Gasteiger partial charge >= 0.3 is 0 Å². The first-order chi connectivity index (χ1) is 11.1. The average Bonchev–Trinajstić information content (AvgIpc) is 2.59. The van der Waals surface area contributed by atoms with Crippen LogP contribution in [0.1, 0.15) is 10.4 Å². The largest absolute Gasteiger partial charge is 0.497 e. The fourth-order valence-corrected chi connectivity index (χ4v) is 1.87. The molecule has 0 radical (unpaired) electrons. The Balaban J connectivity index is 1.80. The number of benzene rings is 2. The molecule has 0 aliphatic carbocycles. The Morgan fingerprint density at radius 3 is 2.52 bits per heavy atom. The first-order valence-corrected chi connectivity index (χ1v) is 6.89. The van der Waals surface area contributed by atoms with Crippen LogP contribution in [0.15, 0.2) is 48.5 Å². The quantitative estimate of drug-likeness (QED) is 0.481. The Morgan fingerprint density at radius 2 is 1.87 bits per heavy atom. The maximum atomic E-state index is 11.9. The molecule has 0 spiro atoms. The molecule has 2 rings (SSSR count). The van der Waals surface area contributed by atoms with Crippen LogP contribution >= 0.6 is 0 Å². The van der Waals surface area contributed by atoms with Crippen LogP contribution in [0.4, 0.5) is 5.69 Å². The molecule has 23 heavy (non-hydrogen) atoms. The van der Waals surface area contributed by atoms with Crippen molar-refractivity contribution in [1.29, 1.82) is 0 Å². The number of nitro groups is 1. The summed E-state index contributed by atoms with van der Waals surface area (Å²) in [5.74, 6) is 1.01. The zero-order chi connectivity index (χ0) is 16.7. The van der Waals surface area contributed by atoms with Crippen molar-refractivity contribution >= 4 is 11.6 Å². The molecule has 0 bridgehead atoms. The highest BCUT2D eigenvalue weighted by atomic mass is 16.6. The van der Waals surface area contributed by atoms with E-state index >= 15 is 0 Å². The fraction of sp³-hybridized carbons (Fsp3) is 0.188. The number of ether oxygens (including phenoxy) is 2. The molecule has 0 atom stereocenters. The van der Waals surface area contributed by atoms with E-state index in [4.69, 9.17) is 9.47 Å². The summed E-state index contributed by atoms with van der Waals surface area (Å²) in [6.07, 6.45) is 0. The third-order valence-electron chi connectivity index (χ3n) is 3.03. The number of hydrogen-bond acceptors (Lipinski definition) is 5. The highest BCUT2D eigenvalue weighted by Crippen LogP contribution is 2.16. The predicted molar refractivity (Wildman–Crippen MR) is 83.9 cm³/mol. The number of carbonyl (C=O) groups excluding carboxylic acids is 1. The lowest BCUT2D eigenvalue weighted by molar-refractivity contribution is -0.384. The lowest BCUT2D eigenvalue weighted by atomic mass is 10.2. The van der Waals surface area contributed by atoms with Crippen molar-refractivity contribution < 1.29 is 19.2 Å². The maximum absolute atomic E-state index is 11.9. The number of methoxy groups -OCH3 is 1. The van der Waals surface area contributed by atoms with Crippen LogP contribution in [0.3, 0.4) is 0 Å². The van der Waals surface area contributed by atoms with Crippen LogP contribution in [-0.4, -0.2) is 31.1 Å². The lowest BCUT2D eigenvalue weighted by Crippen LogP contribution is -2.28. The molecule has 0 saturated heterocycles. The van der Waals surface area contributed by atoms with E-state index in [0.717, 1.165) is 5.75 Å². The molecule has 7 nitrogen and oxygen atoms in total. The minimum Gasteiger partial charge on any atom is -0.497 e. The molecule has 0 unspecified atom stereocenters. The highest BCUT2D eigenvalue weighted by Gasteiger charge is 2.10. The first kappa shape index (κ1) is 16.3. The predicted octanol–water partition coefficient (Wildman–Crippen LogP) is 2.41. The van der Waals surface area contributed by atoms with Gasteiger partial charge in [0.1, 0.15) is 18.1 Å². The zero-order valence-corrected chi connectivity index (χ0v) is 12.5. The molecule has 0 aromatic heterocycles. The van der Waals surface area contributed by atoms with Crippen LogP contribution in [0.5, 0.6) is 11.5 Å². The van der Waals surface area contributed by atoms with Crippen LogP contribution < -0.4 is 14.8 Å². The summed E-state index contributed by atoms with van der Waals surface area (Å²) >= 11 is 0. The molecule has 1 N–H and O–H groups in total. The Morgan fingerprint density at radius 1 is 1.17 bits per heavy atom. The molecule has 120 valence electrons. The molecular formula is C16H16N2O5. The minimum atomic E-state index is -0.538. The van der Waals surface area contributed by atoms with Gasteiger partial charge < -0.3 is 14.8 Å². The topological polar surface area (TPSA) is 90.7 Å². The Bertz CT molecular complexity index is 685. The number of hydrogen-bond donors (Lipinski definition) is 1.